The van der Waals surface area contributed by atoms with Crippen molar-refractivity contribution in [2.75, 3.05) is 52.9 Å². The van der Waals surface area contributed by atoms with Crippen molar-refractivity contribution in [2.24, 2.45) is 5.41 Å². The number of hydrogen-bond acceptors (Lipinski definition) is 3. The Balaban J connectivity index is 2.45. The Kier molecular flexibility index (Phi) is 7.96. The van der Waals surface area contributed by atoms with Gasteiger partial charge < -0.3 is 15.1 Å². The predicted molar refractivity (Wildman–Crippen MR) is 84.7 cm³/mol. The molecule has 1 aliphatic rings. The maximum Gasteiger partial charge on any atom is 0.0109 e. The second-order valence-corrected chi connectivity index (χ2v) is 6.67. The van der Waals surface area contributed by atoms with Crippen molar-refractivity contribution in [3.8, 4) is 0 Å². The molecule has 0 aromatic rings. The van der Waals surface area contributed by atoms with Crippen LogP contribution in [-0.4, -0.2) is 62.7 Å². The first-order chi connectivity index (χ1) is 9.09. The number of likely N-dealkylation sites (N-methyl/N-ethyl adjacent to an activating group) is 1. The van der Waals surface area contributed by atoms with Crippen LogP contribution in [0, 0.1) is 5.41 Å². The molecule has 0 saturated carbocycles. The van der Waals surface area contributed by atoms with Crippen LogP contribution in [-0.2, 0) is 0 Å². The van der Waals surface area contributed by atoms with Gasteiger partial charge in [0.15, 0.2) is 0 Å². The van der Waals surface area contributed by atoms with Gasteiger partial charge in [0.25, 0.3) is 0 Å². The quantitative estimate of drug-likeness (QED) is 0.683. The lowest BCUT2D eigenvalue weighted by Gasteiger charge is -2.35. The molecule has 0 spiro atoms. The Morgan fingerprint density at radius 3 is 2.53 bits per heavy atom. The minimum absolute atomic E-state index is 0.437. The van der Waals surface area contributed by atoms with Crippen molar-refractivity contribution in [3.05, 3.63) is 0 Å². The van der Waals surface area contributed by atoms with E-state index in [1.54, 1.807) is 0 Å². The van der Waals surface area contributed by atoms with Gasteiger partial charge in [0.2, 0.25) is 0 Å². The molecule has 1 aliphatic heterocycles. The molecule has 1 fully saturated rings. The Labute approximate surface area is 120 Å². The largest absolute Gasteiger partial charge is 0.316 e. The highest BCUT2D eigenvalue weighted by Crippen LogP contribution is 2.24. The number of hydrogen-bond donors (Lipinski definition) is 1. The molecule has 19 heavy (non-hydrogen) atoms. The number of nitrogens with one attached hydrogen (secondary N) is 1. The van der Waals surface area contributed by atoms with Crippen molar-refractivity contribution in [3.63, 3.8) is 0 Å². The van der Waals surface area contributed by atoms with Crippen molar-refractivity contribution in [1.29, 1.82) is 0 Å². The molecule has 0 aliphatic carbocycles. The highest BCUT2D eigenvalue weighted by Gasteiger charge is 2.26. The first-order valence-corrected chi connectivity index (χ1v) is 8.21. The lowest BCUT2D eigenvalue weighted by molar-refractivity contribution is 0.153. The smallest absolute Gasteiger partial charge is 0.0109 e. The van der Waals surface area contributed by atoms with Crippen molar-refractivity contribution in [1.82, 2.24) is 15.1 Å². The Hall–Kier alpha value is -0.120. The van der Waals surface area contributed by atoms with Crippen LogP contribution in [0.2, 0.25) is 0 Å². The fraction of sp³-hybridized carbons (Fsp3) is 1.00. The molecule has 1 atom stereocenters. The molecule has 0 amide bonds. The molecule has 0 aromatic carbocycles. The first kappa shape index (κ1) is 16.9. The fourth-order valence-corrected chi connectivity index (χ4v) is 3.19. The summed E-state index contributed by atoms with van der Waals surface area (Å²) in [5.74, 6) is 0. The summed E-state index contributed by atoms with van der Waals surface area (Å²) in [6.07, 6.45) is 5.17. The Bertz CT molecular complexity index is 232. The highest BCUT2D eigenvalue weighted by atomic mass is 15.2. The SMILES string of the molecule is CCCNCC(C)(CCC)CN1CCCN(C)CC1. The zero-order valence-corrected chi connectivity index (χ0v) is 13.7. The Morgan fingerprint density at radius 2 is 1.84 bits per heavy atom. The van der Waals surface area contributed by atoms with Crippen LogP contribution >= 0.6 is 0 Å². The summed E-state index contributed by atoms with van der Waals surface area (Å²) in [4.78, 5) is 5.15. The lowest BCUT2D eigenvalue weighted by atomic mass is 9.84. The summed E-state index contributed by atoms with van der Waals surface area (Å²) < 4.78 is 0. The van der Waals surface area contributed by atoms with Crippen molar-refractivity contribution < 1.29 is 0 Å². The first-order valence-electron chi connectivity index (χ1n) is 8.21. The zero-order valence-electron chi connectivity index (χ0n) is 13.7. The molecule has 3 nitrogen and oxygen atoms in total. The molecular formula is C16H35N3. The van der Waals surface area contributed by atoms with Gasteiger partial charge in [-0.1, -0.05) is 27.2 Å². The van der Waals surface area contributed by atoms with E-state index in [1.807, 2.05) is 0 Å². The second-order valence-electron chi connectivity index (χ2n) is 6.67. The van der Waals surface area contributed by atoms with Crippen LogP contribution in [0.3, 0.4) is 0 Å². The van der Waals surface area contributed by atoms with E-state index in [4.69, 9.17) is 0 Å². The lowest BCUT2D eigenvalue weighted by Crippen LogP contribution is -2.43. The van der Waals surface area contributed by atoms with E-state index < -0.39 is 0 Å². The molecule has 1 saturated heterocycles. The zero-order chi connectivity index (χ0) is 14.1. The molecule has 114 valence electrons. The maximum absolute atomic E-state index is 3.64. The molecule has 1 N–H and O–H groups in total. The van der Waals surface area contributed by atoms with Crippen molar-refractivity contribution >= 4 is 0 Å². The van der Waals surface area contributed by atoms with E-state index in [1.165, 1.54) is 65.0 Å². The normalized spacial score (nSPS) is 22.1. The molecule has 1 unspecified atom stereocenters. The van der Waals surface area contributed by atoms with Gasteiger partial charge in [-0.15, -0.1) is 0 Å². The summed E-state index contributed by atoms with van der Waals surface area (Å²) in [7, 11) is 2.25. The standard InChI is InChI=1S/C16H35N3/c1-5-8-16(3,14-17-9-6-2)15-19-11-7-10-18(4)12-13-19/h17H,5-15H2,1-4H3. The molecular weight excluding hydrogens is 234 g/mol. The summed E-state index contributed by atoms with van der Waals surface area (Å²) in [6, 6.07) is 0. The van der Waals surface area contributed by atoms with E-state index in [0.717, 1.165) is 6.54 Å². The van der Waals surface area contributed by atoms with Gasteiger partial charge in [0, 0.05) is 26.2 Å². The Morgan fingerprint density at radius 1 is 1.05 bits per heavy atom. The summed E-state index contributed by atoms with van der Waals surface area (Å²) in [5.41, 5.74) is 0.437. The molecule has 0 bridgehead atoms. The van der Waals surface area contributed by atoms with E-state index in [9.17, 15) is 0 Å². The van der Waals surface area contributed by atoms with E-state index in [0.29, 0.717) is 5.41 Å². The molecule has 1 rings (SSSR count). The van der Waals surface area contributed by atoms with Gasteiger partial charge in [0.05, 0.1) is 0 Å². The van der Waals surface area contributed by atoms with Gasteiger partial charge in [-0.3, -0.25) is 0 Å². The summed E-state index contributed by atoms with van der Waals surface area (Å²) in [5, 5.41) is 3.64. The molecule has 0 radical (unpaired) electrons. The monoisotopic (exact) mass is 269 g/mol. The molecule has 1 heterocycles. The predicted octanol–water partition coefficient (Wildman–Crippen LogP) is 2.43. The third-order valence-electron chi connectivity index (χ3n) is 4.25. The maximum atomic E-state index is 3.64. The average molecular weight is 269 g/mol. The number of rotatable bonds is 8. The minimum atomic E-state index is 0.437. The van der Waals surface area contributed by atoms with Gasteiger partial charge in [-0.05, 0) is 51.4 Å². The molecule has 0 aromatic heterocycles. The topological polar surface area (TPSA) is 18.5 Å². The minimum Gasteiger partial charge on any atom is -0.316 e. The average Bonchev–Trinajstić information content (AvgIpc) is 2.55. The van der Waals surface area contributed by atoms with Crippen LogP contribution in [0.4, 0.5) is 0 Å². The van der Waals surface area contributed by atoms with Crippen LogP contribution < -0.4 is 5.32 Å². The highest BCUT2D eigenvalue weighted by molar-refractivity contribution is 4.82. The van der Waals surface area contributed by atoms with Crippen LogP contribution in [0.25, 0.3) is 0 Å². The van der Waals surface area contributed by atoms with Gasteiger partial charge in [0.1, 0.15) is 0 Å². The second kappa shape index (κ2) is 8.93. The third kappa shape index (κ3) is 6.73. The van der Waals surface area contributed by atoms with Crippen LogP contribution in [0.1, 0.15) is 46.5 Å². The summed E-state index contributed by atoms with van der Waals surface area (Å²) >= 11 is 0. The van der Waals surface area contributed by atoms with Gasteiger partial charge in [-0.2, -0.15) is 0 Å². The fourth-order valence-electron chi connectivity index (χ4n) is 3.19. The van der Waals surface area contributed by atoms with Gasteiger partial charge in [-0.25, -0.2) is 0 Å². The third-order valence-corrected chi connectivity index (χ3v) is 4.25. The van der Waals surface area contributed by atoms with Crippen molar-refractivity contribution in [2.45, 2.75) is 46.5 Å². The van der Waals surface area contributed by atoms with E-state index in [-0.39, 0.29) is 0 Å². The van der Waals surface area contributed by atoms with Crippen LogP contribution in [0.5, 0.6) is 0 Å². The van der Waals surface area contributed by atoms with E-state index in [2.05, 4.69) is 42.9 Å². The van der Waals surface area contributed by atoms with Crippen LogP contribution in [0.15, 0.2) is 0 Å². The molecule has 3 heteroatoms. The summed E-state index contributed by atoms with van der Waals surface area (Å²) in [6.45, 7) is 15.6. The van der Waals surface area contributed by atoms with E-state index >= 15 is 0 Å². The van der Waals surface area contributed by atoms with Gasteiger partial charge >= 0.3 is 0 Å². The number of nitrogens with zero attached hydrogens (tertiary/aromatic N) is 2.